The first kappa shape index (κ1) is 15.8. The standard InChI is InChI=1S/C21H19N3S/c1-2-22-21-20(18-13-8-14-25-18)24-19(15-9-4-3-5-10-15)16-11-6-7-12-17(16)23-21/h3-14,20H,2H2,1H3,(H,22,23). The molecule has 1 aliphatic heterocycles. The molecule has 3 aromatic rings. The minimum atomic E-state index is -0.109. The Bertz CT molecular complexity index is 911. The van der Waals surface area contributed by atoms with E-state index in [1.807, 2.05) is 12.1 Å². The lowest BCUT2D eigenvalue weighted by Crippen LogP contribution is -2.19. The number of amidine groups is 1. The van der Waals surface area contributed by atoms with Crippen LogP contribution >= 0.6 is 11.3 Å². The second-order valence-electron chi connectivity index (χ2n) is 5.79. The van der Waals surface area contributed by atoms with Crippen LogP contribution in [0.2, 0.25) is 0 Å². The maximum absolute atomic E-state index is 5.16. The van der Waals surface area contributed by atoms with Gasteiger partial charge < -0.3 is 5.32 Å². The summed E-state index contributed by atoms with van der Waals surface area (Å²) in [4.78, 5) is 11.1. The second kappa shape index (κ2) is 7.03. The fourth-order valence-electron chi connectivity index (χ4n) is 3.03. The van der Waals surface area contributed by atoms with Crippen molar-refractivity contribution in [1.82, 2.24) is 0 Å². The molecule has 1 unspecified atom stereocenters. The molecule has 2 heterocycles. The normalized spacial score (nSPS) is 18.2. The Morgan fingerprint density at radius 2 is 1.80 bits per heavy atom. The van der Waals surface area contributed by atoms with Crippen LogP contribution in [0.3, 0.4) is 0 Å². The van der Waals surface area contributed by atoms with Crippen LogP contribution in [0.1, 0.15) is 29.0 Å². The number of benzodiazepines with no additional fused rings is 1. The Kier molecular flexibility index (Phi) is 4.44. The molecule has 3 nitrogen and oxygen atoms in total. The Morgan fingerprint density at radius 1 is 1.00 bits per heavy atom. The molecule has 1 aliphatic rings. The summed E-state index contributed by atoms with van der Waals surface area (Å²) < 4.78 is 0. The largest absolute Gasteiger partial charge is 0.341 e. The number of nitrogens with one attached hydrogen (secondary N) is 1. The first-order valence-electron chi connectivity index (χ1n) is 8.44. The van der Waals surface area contributed by atoms with Crippen molar-refractivity contribution in [1.29, 1.82) is 0 Å². The van der Waals surface area contributed by atoms with Crippen LogP contribution in [0.4, 0.5) is 5.69 Å². The molecule has 0 spiro atoms. The predicted octanol–water partition coefficient (Wildman–Crippen LogP) is 5.17. The Morgan fingerprint density at radius 3 is 2.56 bits per heavy atom. The summed E-state index contributed by atoms with van der Waals surface area (Å²) >= 11 is 1.72. The zero-order valence-electron chi connectivity index (χ0n) is 14.0. The first-order chi connectivity index (χ1) is 12.4. The lowest BCUT2D eigenvalue weighted by molar-refractivity contribution is 0.964. The van der Waals surface area contributed by atoms with Crippen molar-refractivity contribution < 1.29 is 0 Å². The molecule has 1 aromatic heterocycles. The highest BCUT2D eigenvalue weighted by Crippen LogP contribution is 2.32. The number of thiophene rings is 1. The van der Waals surface area contributed by atoms with Gasteiger partial charge in [-0.1, -0.05) is 54.6 Å². The number of aliphatic imine (C=N–C) groups is 2. The Labute approximate surface area is 151 Å². The number of benzene rings is 2. The molecule has 1 atom stereocenters. The van der Waals surface area contributed by atoms with E-state index in [2.05, 4.69) is 72.2 Å². The van der Waals surface area contributed by atoms with Crippen LogP contribution in [-0.2, 0) is 0 Å². The molecular weight excluding hydrogens is 326 g/mol. The van der Waals surface area contributed by atoms with Crippen molar-refractivity contribution in [3.05, 3.63) is 88.1 Å². The predicted molar refractivity (Wildman–Crippen MR) is 107 cm³/mol. The van der Waals surface area contributed by atoms with Crippen molar-refractivity contribution in [2.75, 3.05) is 11.9 Å². The molecule has 4 rings (SSSR count). The van der Waals surface area contributed by atoms with Gasteiger partial charge in [0, 0.05) is 28.2 Å². The topological polar surface area (TPSA) is 36.8 Å². The third kappa shape index (κ3) is 3.13. The van der Waals surface area contributed by atoms with Gasteiger partial charge in [0.05, 0.1) is 5.71 Å². The summed E-state index contributed by atoms with van der Waals surface area (Å²) in [5.74, 6) is 0.906. The monoisotopic (exact) mass is 345 g/mol. The molecule has 2 aromatic carbocycles. The van der Waals surface area contributed by atoms with Gasteiger partial charge in [-0.05, 0) is 24.4 Å². The molecule has 1 N–H and O–H groups in total. The minimum absolute atomic E-state index is 0.109. The molecule has 4 heteroatoms. The van der Waals surface area contributed by atoms with Crippen LogP contribution in [0.5, 0.6) is 0 Å². The van der Waals surface area contributed by atoms with E-state index in [0.717, 1.165) is 34.9 Å². The lowest BCUT2D eigenvalue weighted by Gasteiger charge is -2.14. The van der Waals surface area contributed by atoms with E-state index in [9.17, 15) is 0 Å². The van der Waals surface area contributed by atoms with Gasteiger partial charge in [0.1, 0.15) is 11.9 Å². The van der Waals surface area contributed by atoms with Crippen LogP contribution in [-0.4, -0.2) is 18.1 Å². The van der Waals surface area contributed by atoms with Crippen molar-refractivity contribution in [3.63, 3.8) is 0 Å². The quantitative estimate of drug-likeness (QED) is 0.698. The van der Waals surface area contributed by atoms with E-state index in [1.165, 1.54) is 4.88 Å². The fourth-order valence-corrected chi connectivity index (χ4v) is 3.80. The van der Waals surface area contributed by atoms with Gasteiger partial charge in [-0.2, -0.15) is 0 Å². The molecule has 124 valence electrons. The third-order valence-electron chi connectivity index (χ3n) is 4.15. The van der Waals surface area contributed by atoms with E-state index >= 15 is 0 Å². The van der Waals surface area contributed by atoms with Crippen molar-refractivity contribution in [2.24, 2.45) is 9.98 Å². The molecule has 0 radical (unpaired) electrons. The van der Waals surface area contributed by atoms with Gasteiger partial charge in [0.25, 0.3) is 0 Å². The summed E-state index contributed by atoms with van der Waals surface area (Å²) in [6.45, 7) is 2.78. The summed E-state index contributed by atoms with van der Waals surface area (Å²) in [6.07, 6.45) is 0. The molecule has 0 fully saturated rings. The van der Waals surface area contributed by atoms with Crippen LogP contribution in [0.25, 0.3) is 0 Å². The minimum Gasteiger partial charge on any atom is -0.341 e. The second-order valence-corrected chi connectivity index (χ2v) is 6.77. The lowest BCUT2D eigenvalue weighted by atomic mass is 10.0. The SMILES string of the molecule is CCN=C1Nc2ccccc2C(c2ccccc2)=NC1c1cccs1. The van der Waals surface area contributed by atoms with Crippen LogP contribution in [0.15, 0.2) is 82.1 Å². The number of hydrogen-bond donors (Lipinski definition) is 1. The zero-order chi connectivity index (χ0) is 17.1. The van der Waals surface area contributed by atoms with E-state index in [4.69, 9.17) is 9.98 Å². The highest BCUT2D eigenvalue weighted by Gasteiger charge is 2.25. The zero-order valence-corrected chi connectivity index (χ0v) is 14.8. The smallest absolute Gasteiger partial charge is 0.142 e. The summed E-state index contributed by atoms with van der Waals surface area (Å²) in [6, 6.07) is 22.8. The van der Waals surface area contributed by atoms with Crippen LogP contribution < -0.4 is 5.32 Å². The maximum atomic E-state index is 5.16. The van der Waals surface area contributed by atoms with Gasteiger partial charge >= 0.3 is 0 Å². The molecule has 0 amide bonds. The van der Waals surface area contributed by atoms with E-state index in [-0.39, 0.29) is 6.04 Å². The third-order valence-corrected chi connectivity index (χ3v) is 5.08. The molecule has 0 saturated carbocycles. The van der Waals surface area contributed by atoms with Gasteiger partial charge in [-0.25, -0.2) is 0 Å². The van der Waals surface area contributed by atoms with Gasteiger partial charge in [-0.3, -0.25) is 9.98 Å². The number of fused-ring (bicyclic) bond motifs is 1. The molecular formula is C21H19N3S. The van der Waals surface area contributed by atoms with Gasteiger partial charge in [-0.15, -0.1) is 11.3 Å². The average Bonchev–Trinajstić information content (AvgIpc) is 3.13. The van der Waals surface area contributed by atoms with Gasteiger partial charge in [0.2, 0.25) is 0 Å². The van der Waals surface area contributed by atoms with Gasteiger partial charge in [0.15, 0.2) is 0 Å². The Hall–Kier alpha value is -2.72. The fraction of sp³-hybridized carbons (Fsp3) is 0.143. The number of anilines is 1. The average molecular weight is 345 g/mol. The number of hydrogen-bond acceptors (Lipinski definition) is 3. The summed E-state index contributed by atoms with van der Waals surface area (Å²) in [5.41, 5.74) is 4.28. The van der Waals surface area contributed by atoms with Crippen molar-refractivity contribution in [3.8, 4) is 0 Å². The molecule has 25 heavy (non-hydrogen) atoms. The van der Waals surface area contributed by atoms with E-state index < -0.39 is 0 Å². The first-order valence-corrected chi connectivity index (χ1v) is 9.32. The highest BCUT2D eigenvalue weighted by atomic mass is 32.1. The number of nitrogens with zero attached hydrogens (tertiary/aromatic N) is 2. The van der Waals surface area contributed by atoms with Crippen molar-refractivity contribution >= 4 is 28.6 Å². The highest BCUT2D eigenvalue weighted by molar-refractivity contribution is 7.10. The molecule has 0 aliphatic carbocycles. The van der Waals surface area contributed by atoms with E-state index in [0.29, 0.717) is 0 Å². The van der Waals surface area contributed by atoms with Crippen molar-refractivity contribution in [2.45, 2.75) is 13.0 Å². The molecule has 0 saturated heterocycles. The molecule has 0 bridgehead atoms. The summed E-state index contributed by atoms with van der Waals surface area (Å²) in [5, 5.41) is 5.63. The Balaban J connectivity index is 1.95. The van der Waals surface area contributed by atoms with E-state index in [1.54, 1.807) is 11.3 Å². The maximum Gasteiger partial charge on any atom is 0.142 e. The number of rotatable bonds is 3. The van der Waals surface area contributed by atoms with Crippen LogP contribution in [0, 0.1) is 0 Å². The number of para-hydroxylation sites is 1. The summed E-state index contributed by atoms with van der Waals surface area (Å²) in [7, 11) is 0.